The zero-order valence-electron chi connectivity index (χ0n) is 21.6. The van der Waals surface area contributed by atoms with Crippen LogP contribution in [0.25, 0.3) is 16.7 Å². The maximum absolute atomic E-state index is 2.36. The molecule has 0 bridgehead atoms. The van der Waals surface area contributed by atoms with Gasteiger partial charge in [-0.1, -0.05) is 91.9 Å². The molecule has 3 aromatic carbocycles. The summed E-state index contributed by atoms with van der Waals surface area (Å²) in [5.41, 5.74) is 11.0. The van der Waals surface area contributed by atoms with Crippen molar-refractivity contribution in [2.24, 2.45) is 5.92 Å². The Balaban J connectivity index is 0.00000153. The Kier molecular flexibility index (Phi) is 11.4. The van der Waals surface area contributed by atoms with Crippen molar-refractivity contribution >= 4 is 16.7 Å². The van der Waals surface area contributed by atoms with Crippen LogP contribution >= 0.6 is 0 Å². The van der Waals surface area contributed by atoms with Crippen LogP contribution in [0.2, 0.25) is 0 Å². The van der Waals surface area contributed by atoms with E-state index in [-0.39, 0.29) is 44.0 Å². The third kappa shape index (κ3) is 5.86. The number of hydrogen-bond acceptors (Lipinski definition) is 0. The number of allylic oxidation sites excluding steroid dienone is 4. The molecule has 1 nitrogen and oxygen atoms in total. The fourth-order valence-corrected chi connectivity index (χ4v) is 5.04. The number of aromatic nitrogens is 1. The van der Waals surface area contributed by atoms with Crippen molar-refractivity contribution in [3.63, 3.8) is 0 Å². The van der Waals surface area contributed by atoms with Crippen molar-refractivity contribution in [3.8, 4) is 0 Å². The van der Waals surface area contributed by atoms with Crippen molar-refractivity contribution in [1.82, 2.24) is 4.57 Å². The van der Waals surface area contributed by atoms with Crippen LogP contribution in [0.5, 0.6) is 0 Å². The molecule has 0 N–H and O–H groups in total. The van der Waals surface area contributed by atoms with E-state index in [0.29, 0.717) is 5.92 Å². The topological polar surface area (TPSA) is 4.93 Å². The van der Waals surface area contributed by atoms with Gasteiger partial charge in [-0.3, -0.25) is 0 Å². The van der Waals surface area contributed by atoms with E-state index in [1.165, 1.54) is 44.5 Å². The predicted molar refractivity (Wildman–Crippen MR) is 151 cm³/mol. The first-order valence-electron chi connectivity index (χ1n) is 11.0. The summed E-state index contributed by atoms with van der Waals surface area (Å²) in [6.07, 6.45) is 4.28. The Morgan fingerprint density at radius 1 is 0.629 bits per heavy atom. The summed E-state index contributed by atoms with van der Waals surface area (Å²) in [5.74, 6) is 0.323. The summed E-state index contributed by atoms with van der Waals surface area (Å²) >= 11 is 0. The molecule has 2 heteroatoms. The Morgan fingerprint density at radius 2 is 1.14 bits per heavy atom. The zero-order valence-corrected chi connectivity index (χ0v) is 23.2. The van der Waals surface area contributed by atoms with E-state index in [2.05, 4.69) is 128 Å². The molecule has 1 heterocycles. The third-order valence-electron chi connectivity index (χ3n) is 6.39. The van der Waals surface area contributed by atoms with E-state index in [0.717, 1.165) is 6.54 Å². The monoisotopic (exact) mass is 494 g/mol. The maximum atomic E-state index is 2.36. The van der Waals surface area contributed by atoms with Crippen LogP contribution < -0.4 is 0 Å². The van der Waals surface area contributed by atoms with Gasteiger partial charge in [-0.2, -0.15) is 0 Å². The molecule has 0 amide bonds. The Bertz CT molecular complexity index is 1250. The molecule has 0 aliphatic heterocycles. The molecule has 0 fully saturated rings. The molecule has 1 atom stereocenters. The second kappa shape index (κ2) is 13.3. The maximum Gasteiger partial charge on any atom is 3.00 e. The standard InChI is InChI=1S/C30H27N.3CH3.Ti/c1-22-28(27-18-10-9-17-26(27)21-31-19-11-12-20-31)23(2)30(25-15-7-4-8-16-25)29(22)24-13-5-3-6-14-24;;;;/h3-20,22H,21H2,1-2H3;3*1H3;/q;3*-1;+3. The Labute approximate surface area is 228 Å². The Morgan fingerprint density at radius 3 is 1.74 bits per heavy atom. The van der Waals surface area contributed by atoms with Crippen molar-refractivity contribution in [3.05, 3.63) is 160 Å². The molecule has 1 unspecified atom stereocenters. The van der Waals surface area contributed by atoms with Gasteiger partial charge in [0.1, 0.15) is 0 Å². The van der Waals surface area contributed by atoms with Crippen LogP contribution in [-0.4, -0.2) is 4.57 Å². The molecular weight excluding hydrogens is 458 g/mol. The summed E-state index contributed by atoms with van der Waals surface area (Å²) in [6, 6.07) is 34.8. The first kappa shape index (κ1) is 30.2. The molecule has 1 aromatic heterocycles. The molecule has 1 aliphatic carbocycles. The fraction of sp³-hybridized carbons (Fsp3) is 0.121. The van der Waals surface area contributed by atoms with Gasteiger partial charge in [0.2, 0.25) is 0 Å². The normalized spacial score (nSPS) is 14.4. The number of hydrogen-bond donors (Lipinski definition) is 0. The molecule has 0 spiro atoms. The van der Waals surface area contributed by atoms with Gasteiger partial charge >= 0.3 is 21.7 Å². The molecule has 177 valence electrons. The molecule has 5 rings (SSSR count). The van der Waals surface area contributed by atoms with E-state index in [9.17, 15) is 0 Å². The van der Waals surface area contributed by atoms with Gasteiger partial charge in [-0.25, -0.2) is 0 Å². The van der Waals surface area contributed by atoms with Gasteiger partial charge in [0.15, 0.2) is 0 Å². The first-order chi connectivity index (χ1) is 15.2. The summed E-state index contributed by atoms with van der Waals surface area (Å²) in [5, 5.41) is 0. The minimum absolute atomic E-state index is 0. The van der Waals surface area contributed by atoms with E-state index in [1.54, 1.807) is 0 Å². The molecule has 35 heavy (non-hydrogen) atoms. The van der Waals surface area contributed by atoms with E-state index in [1.807, 2.05) is 0 Å². The van der Waals surface area contributed by atoms with Crippen LogP contribution in [0.3, 0.4) is 0 Å². The van der Waals surface area contributed by atoms with E-state index < -0.39 is 0 Å². The van der Waals surface area contributed by atoms with E-state index >= 15 is 0 Å². The van der Waals surface area contributed by atoms with Gasteiger partial charge in [-0.15, -0.1) is 0 Å². The van der Waals surface area contributed by atoms with Gasteiger partial charge in [0.05, 0.1) is 0 Å². The minimum Gasteiger partial charge on any atom is -0.358 e. The molecule has 0 saturated carbocycles. The van der Waals surface area contributed by atoms with Crippen LogP contribution in [0, 0.1) is 28.2 Å². The summed E-state index contributed by atoms with van der Waals surface area (Å²) in [4.78, 5) is 0. The quantitative estimate of drug-likeness (QED) is 0.193. The molecular formula is C33H36NTi. The average Bonchev–Trinajstić information content (AvgIpc) is 3.41. The van der Waals surface area contributed by atoms with Crippen LogP contribution in [0.4, 0.5) is 0 Å². The molecule has 0 saturated heterocycles. The van der Waals surface area contributed by atoms with Crippen molar-refractivity contribution in [1.29, 1.82) is 0 Å². The first-order valence-corrected chi connectivity index (χ1v) is 11.0. The van der Waals surface area contributed by atoms with Crippen molar-refractivity contribution in [2.75, 3.05) is 0 Å². The fourth-order valence-electron chi connectivity index (χ4n) is 5.04. The molecule has 1 aliphatic rings. The molecule has 4 aromatic rings. The Hall–Kier alpha value is -2.87. The van der Waals surface area contributed by atoms with Crippen molar-refractivity contribution < 1.29 is 21.7 Å². The SMILES string of the molecule is CC1=C(c2ccccc2Cn2cccc2)C(C)C(c2ccccc2)=C1c1ccccc1.[CH3-].[CH3-].[CH3-].[Ti+3]. The van der Waals surface area contributed by atoms with Gasteiger partial charge in [0, 0.05) is 24.9 Å². The van der Waals surface area contributed by atoms with Crippen molar-refractivity contribution in [2.45, 2.75) is 20.4 Å². The van der Waals surface area contributed by atoms with E-state index in [4.69, 9.17) is 0 Å². The second-order valence-corrected chi connectivity index (χ2v) is 8.29. The minimum atomic E-state index is 0. The average molecular weight is 495 g/mol. The smallest absolute Gasteiger partial charge is 0.358 e. The third-order valence-corrected chi connectivity index (χ3v) is 6.39. The van der Waals surface area contributed by atoms with Crippen LogP contribution in [0.15, 0.2) is 115 Å². The molecule has 1 radical (unpaired) electrons. The van der Waals surface area contributed by atoms with Crippen LogP contribution in [0.1, 0.15) is 36.1 Å². The van der Waals surface area contributed by atoms with Gasteiger partial charge < -0.3 is 26.8 Å². The predicted octanol–water partition coefficient (Wildman–Crippen LogP) is 8.92. The number of benzene rings is 3. The van der Waals surface area contributed by atoms with Gasteiger partial charge in [-0.05, 0) is 63.6 Å². The van der Waals surface area contributed by atoms with Gasteiger partial charge in [0.25, 0.3) is 0 Å². The number of nitrogens with zero attached hydrogens (tertiary/aromatic N) is 1. The largest absolute Gasteiger partial charge is 3.00 e. The zero-order chi connectivity index (χ0) is 21.2. The summed E-state index contributed by atoms with van der Waals surface area (Å²) in [6.45, 7) is 5.55. The summed E-state index contributed by atoms with van der Waals surface area (Å²) in [7, 11) is 0. The summed E-state index contributed by atoms with van der Waals surface area (Å²) < 4.78 is 2.25. The van der Waals surface area contributed by atoms with Crippen LogP contribution in [-0.2, 0) is 28.3 Å². The second-order valence-electron chi connectivity index (χ2n) is 8.29. The number of rotatable bonds is 5.